The molecule has 19 heavy (non-hydrogen) atoms. The summed E-state index contributed by atoms with van der Waals surface area (Å²) in [6.45, 7) is 3.78. The van der Waals surface area contributed by atoms with E-state index in [1.165, 1.54) is 17.7 Å². The van der Waals surface area contributed by atoms with Crippen LogP contribution >= 0.6 is 11.3 Å². The van der Waals surface area contributed by atoms with Crippen molar-refractivity contribution in [2.75, 3.05) is 38.1 Å². The molecule has 3 rings (SSSR count). The highest BCUT2D eigenvalue weighted by Gasteiger charge is 2.20. The minimum Gasteiger partial charge on any atom is -0.477 e. The van der Waals surface area contributed by atoms with Crippen LogP contribution < -0.4 is 4.90 Å². The topological polar surface area (TPSA) is 69.6 Å². The van der Waals surface area contributed by atoms with Gasteiger partial charge >= 0.3 is 5.97 Å². The molecule has 7 heteroatoms. The zero-order valence-electron chi connectivity index (χ0n) is 10.5. The number of nitrogens with zero attached hydrogens (tertiary/aromatic N) is 4. The van der Waals surface area contributed by atoms with Crippen molar-refractivity contribution in [1.82, 2.24) is 14.9 Å². The fourth-order valence-electron chi connectivity index (χ4n) is 2.22. The Balaban J connectivity index is 2.01. The number of anilines is 1. The molecule has 0 atom stereocenters. The standard InChI is InChI=1S/C12H14N4O2S/c1-15-2-4-16(5-3-15)10-8-6-9(12(17)18)19-11(8)14-7-13-10/h6-7H,2-5H2,1H3,(H,17,18). The molecule has 0 aromatic carbocycles. The van der Waals surface area contributed by atoms with Crippen LogP contribution in [0.5, 0.6) is 0 Å². The van der Waals surface area contributed by atoms with Gasteiger partial charge in [0.25, 0.3) is 0 Å². The molecular weight excluding hydrogens is 264 g/mol. The van der Waals surface area contributed by atoms with Gasteiger partial charge in [-0.2, -0.15) is 0 Å². The van der Waals surface area contributed by atoms with E-state index in [0.717, 1.165) is 42.2 Å². The zero-order valence-corrected chi connectivity index (χ0v) is 11.4. The SMILES string of the molecule is CN1CCN(c2ncnc3sc(C(=O)O)cc23)CC1. The highest BCUT2D eigenvalue weighted by molar-refractivity contribution is 7.20. The van der Waals surface area contributed by atoms with Crippen molar-refractivity contribution >= 4 is 33.3 Å². The first-order valence-electron chi connectivity index (χ1n) is 6.06. The molecule has 0 saturated carbocycles. The van der Waals surface area contributed by atoms with Gasteiger partial charge < -0.3 is 14.9 Å². The van der Waals surface area contributed by atoms with Gasteiger partial charge in [0.05, 0.1) is 5.39 Å². The first kappa shape index (κ1) is 12.3. The molecule has 0 spiro atoms. The monoisotopic (exact) mass is 278 g/mol. The van der Waals surface area contributed by atoms with Gasteiger partial charge in [0, 0.05) is 26.2 Å². The molecular formula is C12H14N4O2S. The number of piperazine rings is 1. The lowest BCUT2D eigenvalue weighted by molar-refractivity contribution is 0.0702. The lowest BCUT2D eigenvalue weighted by Gasteiger charge is -2.33. The predicted octanol–water partition coefficient (Wildman–Crippen LogP) is 1.14. The van der Waals surface area contributed by atoms with Gasteiger partial charge in [0.1, 0.15) is 21.9 Å². The van der Waals surface area contributed by atoms with E-state index in [-0.39, 0.29) is 0 Å². The smallest absolute Gasteiger partial charge is 0.345 e. The molecule has 1 aliphatic heterocycles. The molecule has 2 aromatic rings. The maximum Gasteiger partial charge on any atom is 0.345 e. The second kappa shape index (κ2) is 4.75. The fraction of sp³-hybridized carbons (Fsp3) is 0.417. The number of carboxylic acids is 1. The summed E-state index contributed by atoms with van der Waals surface area (Å²) in [5.41, 5.74) is 0. The van der Waals surface area contributed by atoms with Crippen LogP contribution in [-0.2, 0) is 0 Å². The number of hydrogen-bond donors (Lipinski definition) is 1. The summed E-state index contributed by atoms with van der Waals surface area (Å²) in [5, 5.41) is 9.91. The van der Waals surface area contributed by atoms with Crippen LogP contribution in [0.1, 0.15) is 9.67 Å². The van der Waals surface area contributed by atoms with Gasteiger partial charge in [-0.1, -0.05) is 0 Å². The number of fused-ring (bicyclic) bond motifs is 1. The molecule has 2 aromatic heterocycles. The van der Waals surface area contributed by atoms with Crippen molar-refractivity contribution in [3.63, 3.8) is 0 Å². The van der Waals surface area contributed by atoms with E-state index in [2.05, 4.69) is 26.8 Å². The van der Waals surface area contributed by atoms with Crippen LogP contribution in [0, 0.1) is 0 Å². The van der Waals surface area contributed by atoms with Crippen LogP contribution in [0.3, 0.4) is 0 Å². The Morgan fingerprint density at radius 1 is 1.32 bits per heavy atom. The third kappa shape index (κ3) is 2.26. The number of hydrogen-bond acceptors (Lipinski definition) is 6. The van der Waals surface area contributed by atoms with Crippen molar-refractivity contribution in [3.05, 3.63) is 17.3 Å². The molecule has 100 valence electrons. The lowest BCUT2D eigenvalue weighted by atomic mass is 10.2. The van der Waals surface area contributed by atoms with Crippen LogP contribution in [0.15, 0.2) is 12.4 Å². The molecule has 0 aliphatic carbocycles. The van der Waals surface area contributed by atoms with E-state index >= 15 is 0 Å². The maximum absolute atomic E-state index is 11.0. The Hall–Kier alpha value is -1.73. The fourth-order valence-corrected chi connectivity index (χ4v) is 3.05. The number of thiophene rings is 1. The summed E-state index contributed by atoms with van der Waals surface area (Å²) in [4.78, 5) is 25.1. The highest BCUT2D eigenvalue weighted by Crippen LogP contribution is 2.30. The largest absolute Gasteiger partial charge is 0.477 e. The molecule has 3 heterocycles. The van der Waals surface area contributed by atoms with Crippen LogP contribution in [-0.4, -0.2) is 59.2 Å². The number of likely N-dealkylation sites (N-methyl/N-ethyl adjacent to an activating group) is 1. The van der Waals surface area contributed by atoms with E-state index < -0.39 is 5.97 Å². The summed E-state index contributed by atoms with van der Waals surface area (Å²) in [5.74, 6) is -0.0609. The maximum atomic E-state index is 11.0. The van der Waals surface area contributed by atoms with Crippen molar-refractivity contribution in [2.24, 2.45) is 0 Å². The van der Waals surface area contributed by atoms with Gasteiger partial charge in [0.2, 0.25) is 0 Å². The molecule has 0 radical (unpaired) electrons. The van der Waals surface area contributed by atoms with Crippen LogP contribution in [0.25, 0.3) is 10.2 Å². The molecule has 0 unspecified atom stereocenters. The van der Waals surface area contributed by atoms with Gasteiger partial charge in [-0.25, -0.2) is 14.8 Å². The molecule has 1 saturated heterocycles. The summed E-state index contributed by atoms with van der Waals surface area (Å²) in [6, 6.07) is 1.68. The van der Waals surface area contributed by atoms with Crippen molar-refractivity contribution < 1.29 is 9.90 Å². The second-order valence-corrected chi connectivity index (χ2v) is 5.65. The molecule has 6 nitrogen and oxygen atoms in total. The molecule has 0 amide bonds. The number of aromatic carboxylic acids is 1. The van der Waals surface area contributed by atoms with Crippen molar-refractivity contribution in [1.29, 1.82) is 0 Å². The van der Waals surface area contributed by atoms with Gasteiger partial charge in [0.15, 0.2) is 0 Å². The summed E-state index contributed by atoms with van der Waals surface area (Å²) >= 11 is 1.20. The highest BCUT2D eigenvalue weighted by atomic mass is 32.1. The summed E-state index contributed by atoms with van der Waals surface area (Å²) < 4.78 is 0. The normalized spacial score (nSPS) is 17.0. The minimum atomic E-state index is -0.910. The minimum absolute atomic E-state index is 0.311. The third-order valence-corrected chi connectivity index (χ3v) is 4.35. The van der Waals surface area contributed by atoms with E-state index in [4.69, 9.17) is 5.11 Å². The number of aromatic nitrogens is 2. The average Bonchev–Trinajstić information content (AvgIpc) is 2.83. The van der Waals surface area contributed by atoms with Gasteiger partial charge in [-0.05, 0) is 13.1 Å². The molecule has 1 fully saturated rings. The first-order valence-corrected chi connectivity index (χ1v) is 6.88. The average molecular weight is 278 g/mol. The Kier molecular flexibility index (Phi) is 3.08. The van der Waals surface area contributed by atoms with Crippen molar-refractivity contribution in [3.8, 4) is 0 Å². The Bertz CT molecular complexity index is 619. The van der Waals surface area contributed by atoms with Crippen LogP contribution in [0.4, 0.5) is 5.82 Å². The van der Waals surface area contributed by atoms with E-state index in [9.17, 15) is 4.79 Å². The van der Waals surface area contributed by atoms with E-state index in [1.54, 1.807) is 6.07 Å². The predicted molar refractivity (Wildman–Crippen MR) is 74.1 cm³/mol. The quantitative estimate of drug-likeness (QED) is 0.888. The summed E-state index contributed by atoms with van der Waals surface area (Å²) in [7, 11) is 2.10. The first-order chi connectivity index (χ1) is 9.15. The second-order valence-electron chi connectivity index (χ2n) is 4.62. The Morgan fingerprint density at radius 2 is 2.05 bits per heavy atom. The van der Waals surface area contributed by atoms with Crippen molar-refractivity contribution in [2.45, 2.75) is 0 Å². The lowest BCUT2D eigenvalue weighted by Crippen LogP contribution is -2.44. The number of carbonyl (C=O) groups is 1. The number of rotatable bonds is 2. The Morgan fingerprint density at radius 3 is 2.74 bits per heavy atom. The van der Waals surface area contributed by atoms with Gasteiger partial charge in [-0.15, -0.1) is 11.3 Å². The molecule has 1 aliphatic rings. The number of carboxylic acid groups (broad SMARTS) is 1. The van der Waals surface area contributed by atoms with E-state index in [1.807, 2.05) is 0 Å². The van der Waals surface area contributed by atoms with E-state index in [0.29, 0.717) is 4.88 Å². The van der Waals surface area contributed by atoms with Gasteiger partial charge in [-0.3, -0.25) is 0 Å². The molecule has 1 N–H and O–H groups in total. The molecule has 0 bridgehead atoms. The third-order valence-electron chi connectivity index (χ3n) is 3.32. The van der Waals surface area contributed by atoms with Crippen LogP contribution in [0.2, 0.25) is 0 Å². The summed E-state index contributed by atoms with van der Waals surface area (Å²) in [6.07, 6.45) is 1.51. The Labute approximate surface area is 114 Å². The zero-order chi connectivity index (χ0) is 13.4.